The van der Waals surface area contributed by atoms with Gasteiger partial charge in [-0.3, -0.25) is 4.79 Å². The second-order valence-corrected chi connectivity index (χ2v) is 7.59. The number of nitrogens with zero attached hydrogens (tertiary/aromatic N) is 1. The largest absolute Gasteiger partial charge is 0.272 e. The lowest BCUT2D eigenvalue weighted by Crippen LogP contribution is -2.27. The second kappa shape index (κ2) is 8.31. The third kappa shape index (κ3) is 5.52. The van der Waals surface area contributed by atoms with Crippen molar-refractivity contribution >= 4 is 39.3 Å². The van der Waals surface area contributed by atoms with Gasteiger partial charge in [-0.2, -0.15) is 5.10 Å². The molecular weight excluding hydrogens is 372 g/mol. The summed E-state index contributed by atoms with van der Waals surface area (Å²) in [5, 5.41) is 3.98. The number of aryl methyl sites for hydroxylation is 1. The van der Waals surface area contributed by atoms with Gasteiger partial charge in [0.25, 0.3) is 5.91 Å². The van der Waals surface area contributed by atoms with Crippen LogP contribution in [0.4, 0.5) is 0 Å². The van der Waals surface area contributed by atoms with Crippen molar-refractivity contribution in [3.8, 4) is 0 Å². The summed E-state index contributed by atoms with van der Waals surface area (Å²) in [5.41, 5.74) is 5.60. The number of rotatable bonds is 5. The first-order valence-corrected chi connectivity index (χ1v) is 8.96. The summed E-state index contributed by atoms with van der Waals surface area (Å²) >= 11 is 4.95. The second-order valence-electron chi connectivity index (χ2n) is 5.26. The van der Waals surface area contributed by atoms with Crippen LogP contribution in [0.3, 0.4) is 0 Å². The molecule has 1 atom stereocenters. The molecule has 2 rings (SSSR count). The third-order valence-corrected chi connectivity index (χ3v) is 4.88. The van der Waals surface area contributed by atoms with Gasteiger partial charge in [-0.1, -0.05) is 45.8 Å². The highest BCUT2D eigenvalue weighted by Crippen LogP contribution is 2.23. The molecule has 0 saturated heterocycles. The number of hydrogen-bond acceptors (Lipinski definition) is 3. The Balaban J connectivity index is 1.95. The number of carbonyl (C=O) groups is 1. The Bertz CT molecular complexity index is 713. The van der Waals surface area contributed by atoms with Gasteiger partial charge < -0.3 is 0 Å². The maximum Gasteiger partial charge on any atom is 0.253 e. The highest BCUT2D eigenvalue weighted by molar-refractivity contribution is 9.10. The quantitative estimate of drug-likeness (QED) is 0.453. The van der Waals surface area contributed by atoms with E-state index in [0.29, 0.717) is 0 Å². The van der Waals surface area contributed by atoms with E-state index in [0.717, 1.165) is 20.6 Å². The predicted octanol–water partition coefficient (Wildman–Crippen LogP) is 4.78. The number of thioether (sulfide) groups is 1. The Hall–Kier alpha value is -1.59. The van der Waals surface area contributed by atoms with Crippen molar-refractivity contribution in [2.75, 3.05) is 0 Å². The summed E-state index contributed by atoms with van der Waals surface area (Å²) in [4.78, 5) is 13.2. The lowest BCUT2D eigenvalue weighted by Gasteiger charge is -2.10. The van der Waals surface area contributed by atoms with Gasteiger partial charge in [0.2, 0.25) is 0 Å². The van der Waals surface area contributed by atoms with Crippen molar-refractivity contribution < 1.29 is 4.79 Å². The van der Waals surface area contributed by atoms with Crippen molar-refractivity contribution in [1.29, 1.82) is 0 Å². The molecule has 0 unspecified atom stereocenters. The molecule has 2 aromatic rings. The van der Waals surface area contributed by atoms with Crippen molar-refractivity contribution in [3.05, 3.63) is 64.1 Å². The Labute approximate surface area is 149 Å². The first-order valence-electron chi connectivity index (χ1n) is 7.29. The van der Waals surface area contributed by atoms with E-state index in [4.69, 9.17) is 0 Å². The van der Waals surface area contributed by atoms with E-state index in [1.54, 1.807) is 0 Å². The first-order chi connectivity index (χ1) is 11.0. The molecule has 2 aromatic carbocycles. The van der Waals surface area contributed by atoms with Gasteiger partial charge in [-0.05, 0) is 50.6 Å². The average Bonchev–Trinajstić information content (AvgIpc) is 2.54. The van der Waals surface area contributed by atoms with E-state index in [9.17, 15) is 4.79 Å². The van der Waals surface area contributed by atoms with E-state index in [-0.39, 0.29) is 11.2 Å². The monoisotopic (exact) mass is 390 g/mol. The number of halogens is 1. The SMILES string of the molecule is C/C(=N/NC(=O)[C@@H](C)Sc1ccc(C)cc1)c1cccc(Br)c1. The molecular formula is C18H19BrN2OS. The van der Waals surface area contributed by atoms with E-state index in [2.05, 4.69) is 26.5 Å². The minimum atomic E-state index is -0.211. The fourth-order valence-corrected chi connectivity index (χ4v) is 3.14. The van der Waals surface area contributed by atoms with Crippen molar-refractivity contribution in [2.24, 2.45) is 5.10 Å². The summed E-state index contributed by atoms with van der Waals surface area (Å²) in [6.45, 7) is 5.80. The molecule has 0 radical (unpaired) electrons. The van der Waals surface area contributed by atoms with Crippen LogP contribution >= 0.6 is 27.7 Å². The van der Waals surface area contributed by atoms with Crippen LogP contribution in [-0.2, 0) is 4.79 Å². The lowest BCUT2D eigenvalue weighted by molar-refractivity contribution is -0.120. The van der Waals surface area contributed by atoms with Crippen LogP contribution in [0.25, 0.3) is 0 Å². The molecule has 1 N–H and O–H groups in total. The summed E-state index contributed by atoms with van der Waals surface area (Å²) < 4.78 is 0.985. The van der Waals surface area contributed by atoms with Gasteiger partial charge >= 0.3 is 0 Å². The fourth-order valence-electron chi connectivity index (χ4n) is 1.88. The minimum Gasteiger partial charge on any atom is -0.272 e. The molecule has 0 bridgehead atoms. The van der Waals surface area contributed by atoms with Crippen LogP contribution in [-0.4, -0.2) is 16.9 Å². The molecule has 120 valence electrons. The number of amides is 1. The number of nitrogens with one attached hydrogen (secondary N) is 1. The number of hydrazone groups is 1. The van der Waals surface area contributed by atoms with Crippen LogP contribution in [0.1, 0.15) is 25.0 Å². The lowest BCUT2D eigenvalue weighted by atomic mass is 10.1. The van der Waals surface area contributed by atoms with E-state index in [1.807, 2.05) is 69.3 Å². The molecule has 0 aliphatic rings. The Morgan fingerprint density at radius 1 is 1.22 bits per heavy atom. The molecule has 0 saturated carbocycles. The topological polar surface area (TPSA) is 41.5 Å². The van der Waals surface area contributed by atoms with Gasteiger partial charge in [0.1, 0.15) is 0 Å². The molecule has 23 heavy (non-hydrogen) atoms. The van der Waals surface area contributed by atoms with Gasteiger partial charge in [-0.15, -0.1) is 11.8 Å². The van der Waals surface area contributed by atoms with E-state index >= 15 is 0 Å². The smallest absolute Gasteiger partial charge is 0.253 e. The van der Waals surface area contributed by atoms with Crippen LogP contribution in [0.15, 0.2) is 63.0 Å². The molecule has 0 fully saturated rings. The Morgan fingerprint density at radius 3 is 2.57 bits per heavy atom. The highest BCUT2D eigenvalue weighted by Gasteiger charge is 2.14. The van der Waals surface area contributed by atoms with Crippen LogP contribution in [0, 0.1) is 6.92 Å². The van der Waals surface area contributed by atoms with Gasteiger partial charge in [0.15, 0.2) is 0 Å². The molecule has 0 spiro atoms. The number of hydrogen-bond donors (Lipinski definition) is 1. The molecule has 0 aliphatic heterocycles. The number of carbonyl (C=O) groups excluding carboxylic acids is 1. The minimum absolute atomic E-state index is 0.107. The Morgan fingerprint density at radius 2 is 1.91 bits per heavy atom. The van der Waals surface area contributed by atoms with Gasteiger partial charge in [0.05, 0.1) is 11.0 Å². The van der Waals surface area contributed by atoms with Crippen LogP contribution in [0.5, 0.6) is 0 Å². The van der Waals surface area contributed by atoms with Crippen molar-refractivity contribution in [1.82, 2.24) is 5.43 Å². The van der Waals surface area contributed by atoms with Gasteiger partial charge in [-0.25, -0.2) is 5.43 Å². The normalized spacial score (nSPS) is 12.8. The van der Waals surface area contributed by atoms with Crippen LogP contribution < -0.4 is 5.43 Å². The summed E-state index contributed by atoms with van der Waals surface area (Å²) in [7, 11) is 0. The van der Waals surface area contributed by atoms with E-state index in [1.165, 1.54) is 17.3 Å². The first kappa shape index (κ1) is 17.8. The third-order valence-electron chi connectivity index (χ3n) is 3.28. The molecule has 5 heteroatoms. The van der Waals surface area contributed by atoms with Crippen LogP contribution in [0.2, 0.25) is 0 Å². The van der Waals surface area contributed by atoms with Crippen molar-refractivity contribution in [2.45, 2.75) is 30.9 Å². The maximum atomic E-state index is 12.2. The van der Waals surface area contributed by atoms with E-state index < -0.39 is 0 Å². The maximum absolute atomic E-state index is 12.2. The standard InChI is InChI=1S/C18H19BrN2OS/c1-12-7-9-17(10-8-12)23-14(3)18(22)21-20-13(2)15-5-4-6-16(19)11-15/h4-11,14H,1-3H3,(H,21,22)/b20-13-/t14-/m1/s1. The average molecular weight is 391 g/mol. The van der Waals surface area contributed by atoms with Gasteiger partial charge in [0, 0.05) is 9.37 Å². The number of benzene rings is 2. The summed E-state index contributed by atoms with van der Waals surface area (Å²) in [5.74, 6) is -0.107. The van der Waals surface area contributed by atoms with Crippen molar-refractivity contribution in [3.63, 3.8) is 0 Å². The zero-order valence-corrected chi connectivity index (χ0v) is 15.7. The molecule has 1 amide bonds. The molecule has 0 heterocycles. The molecule has 0 aromatic heterocycles. The Kier molecular flexibility index (Phi) is 6.42. The highest BCUT2D eigenvalue weighted by atomic mass is 79.9. The predicted molar refractivity (Wildman–Crippen MR) is 101 cm³/mol. The molecule has 0 aliphatic carbocycles. The zero-order valence-electron chi connectivity index (χ0n) is 13.3. The molecule has 3 nitrogen and oxygen atoms in total. The summed E-state index contributed by atoms with van der Waals surface area (Å²) in [6.07, 6.45) is 0. The summed E-state index contributed by atoms with van der Waals surface area (Å²) in [6, 6.07) is 16.0. The zero-order chi connectivity index (χ0) is 16.8. The fraction of sp³-hybridized carbons (Fsp3) is 0.222.